The lowest BCUT2D eigenvalue weighted by atomic mass is 10.1. The van der Waals surface area contributed by atoms with E-state index in [0.29, 0.717) is 40.0 Å². The predicted octanol–water partition coefficient (Wildman–Crippen LogP) is 4.76. The average molecular weight is 379 g/mol. The van der Waals surface area contributed by atoms with Gasteiger partial charge in [-0.15, -0.1) is 0 Å². The Kier molecular flexibility index (Phi) is 6.01. The smallest absolute Gasteiger partial charge is 0.259 e. The van der Waals surface area contributed by atoms with Gasteiger partial charge in [-0.05, 0) is 48.5 Å². The van der Waals surface area contributed by atoms with Crippen LogP contribution in [0.25, 0.3) is 0 Å². The molecule has 0 aliphatic rings. The molecule has 0 spiro atoms. The lowest BCUT2D eigenvalue weighted by Crippen LogP contribution is -2.13. The third-order valence-electron chi connectivity index (χ3n) is 4.06. The Labute approximate surface area is 163 Å². The molecule has 3 rings (SSSR count). The van der Waals surface area contributed by atoms with Crippen LogP contribution in [0, 0.1) is 0 Å². The summed E-state index contributed by atoms with van der Waals surface area (Å²) in [5.41, 5.74) is 1.01. The van der Waals surface area contributed by atoms with Crippen molar-refractivity contribution in [3.8, 4) is 28.7 Å². The quantitative estimate of drug-likeness (QED) is 0.641. The monoisotopic (exact) mass is 379 g/mol. The van der Waals surface area contributed by atoms with E-state index in [1.807, 2.05) is 24.3 Å². The zero-order valence-electron chi connectivity index (χ0n) is 15.9. The first-order chi connectivity index (χ1) is 13.7. The van der Waals surface area contributed by atoms with Crippen molar-refractivity contribution in [1.29, 1.82) is 0 Å². The van der Waals surface area contributed by atoms with Crippen LogP contribution in [0.4, 0.5) is 5.69 Å². The van der Waals surface area contributed by atoms with Crippen LogP contribution in [0.15, 0.2) is 66.7 Å². The molecule has 0 atom stereocenters. The third-order valence-corrected chi connectivity index (χ3v) is 4.06. The summed E-state index contributed by atoms with van der Waals surface area (Å²) in [6.45, 7) is 0. The van der Waals surface area contributed by atoms with E-state index in [9.17, 15) is 4.79 Å². The molecule has 6 nitrogen and oxygen atoms in total. The first kappa shape index (κ1) is 19.1. The Morgan fingerprint density at radius 3 is 2.00 bits per heavy atom. The highest BCUT2D eigenvalue weighted by atomic mass is 16.5. The summed E-state index contributed by atoms with van der Waals surface area (Å²) in [5.74, 6) is 2.47. The number of hydrogen-bond donors (Lipinski definition) is 1. The second-order valence-corrected chi connectivity index (χ2v) is 5.77. The lowest BCUT2D eigenvalue weighted by molar-refractivity contribution is 0.102. The van der Waals surface area contributed by atoms with Crippen molar-refractivity contribution in [2.24, 2.45) is 0 Å². The molecule has 0 saturated heterocycles. The molecule has 144 valence electrons. The molecule has 0 unspecified atom stereocenters. The Balaban J connectivity index is 1.73. The molecule has 6 heteroatoms. The molecule has 0 bridgehead atoms. The molecule has 28 heavy (non-hydrogen) atoms. The number of amides is 1. The van der Waals surface area contributed by atoms with Gasteiger partial charge in [0, 0.05) is 5.69 Å². The molecule has 3 aromatic carbocycles. The minimum atomic E-state index is -0.297. The molecule has 0 aromatic heterocycles. The zero-order chi connectivity index (χ0) is 19.9. The normalized spacial score (nSPS) is 10.1. The van der Waals surface area contributed by atoms with Gasteiger partial charge in [0.25, 0.3) is 5.91 Å². The van der Waals surface area contributed by atoms with Crippen molar-refractivity contribution in [1.82, 2.24) is 0 Å². The van der Waals surface area contributed by atoms with Gasteiger partial charge in [0.2, 0.25) is 0 Å². The number of ether oxygens (including phenoxy) is 4. The van der Waals surface area contributed by atoms with E-state index in [1.54, 1.807) is 49.6 Å². The van der Waals surface area contributed by atoms with Crippen molar-refractivity contribution in [2.45, 2.75) is 0 Å². The average Bonchev–Trinajstić information content (AvgIpc) is 2.74. The summed E-state index contributed by atoms with van der Waals surface area (Å²) in [6, 6.07) is 19.6. The molecule has 0 heterocycles. The van der Waals surface area contributed by atoms with Gasteiger partial charge in [-0.2, -0.15) is 0 Å². The number of benzene rings is 3. The van der Waals surface area contributed by atoms with Gasteiger partial charge in [-0.3, -0.25) is 4.79 Å². The number of carbonyl (C=O) groups excluding carboxylic acids is 1. The highest BCUT2D eigenvalue weighted by Crippen LogP contribution is 2.33. The second kappa shape index (κ2) is 8.81. The number of nitrogens with one attached hydrogen (secondary N) is 1. The fourth-order valence-electron chi connectivity index (χ4n) is 2.70. The van der Waals surface area contributed by atoms with Gasteiger partial charge in [0.05, 0.1) is 26.9 Å². The van der Waals surface area contributed by atoms with Crippen LogP contribution < -0.4 is 24.3 Å². The van der Waals surface area contributed by atoms with Crippen molar-refractivity contribution < 1.29 is 23.7 Å². The maximum absolute atomic E-state index is 12.6. The highest BCUT2D eigenvalue weighted by molar-refractivity contribution is 6.06. The van der Waals surface area contributed by atoms with E-state index >= 15 is 0 Å². The van der Waals surface area contributed by atoms with Crippen molar-refractivity contribution in [3.05, 3.63) is 72.3 Å². The van der Waals surface area contributed by atoms with E-state index in [2.05, 4.69) is 5.32 Å². The van der Waals surface area contributed by atoms with Crippen LogP contribution in [0.2, 0.25) is 0 Å². The van der Waals surface area contributed by atoms with Crippen LogP contribution in [0.1, 0.15) is 10.4 Å². The van der Waals surface area contributed by atoms with Crippen LogP contribution in [-0.2, 0) is 0 Å². The largest absolute Gasteiger partial charge is 0.493 e. The lowest BCUT2D eigenvalue weighted by Gasteiger charge is -2.13. The number of para-hydroxylation sites is 3. The van der Waals surface area contributed by atoms with Gasteiger partial charge < -0.3 is 24.3 Å². The molecule has 0 radical (unpaired) electrons. The fraction of sp³-hybridized carbons (Fsp3) is 0.136. The molecular weight excluding hydrogens is 358 g/mol. The van der Waals surface area contributed by atoms with E-state index in [0.717, 1.165) is 0 Å². The van der Waals surface area contributed by atoms with E-state index in [4.69, 9.17) is 18.9 Å². The first-order valence-corrected chi connectivity index (χ1v) is 8.59. The highest BCUT2D eigenvalue weighted by Gasteiger charge is 2.16. The van der Waals surface area contributed by atoms with E-state index in [-0.39, 0.29) is 5.91 Å². The van der Waals surface area contributed by atoms with Crippen LogP contribution in [0.5, 0.6) is 28.7 Å². The van der Waals surface area contributed by atoms with Gasteiger partial charge in [0.15, 0.2) is 23.0 Å². The molecule has 0 saturated carbocycles. The zero-order valence-corrected chi connectivity index (χ0v) is 15.9. The first-order valence-electron chi connectivity index (χ1n) is 8.59. The minimum Gasteiger partial charge on any atom is -0.493 e. The van der Waals surface area contributed by atoms with E-state index < -0.39 is 0 Å². The van der Waals surface area contributed by atoms with Crippen LogP contribution in [-0.4, -0.2) is 27.2 Å². The minimum absolute atomic E-state index is 0.297. The SMILES string of the molecule is COc1ccccc1Oc1ccc(NC(=O)c2cccc(OC)c2OC)cc1. The van der Waals surface area contributed by atoms with Gasteiger partial charge >= 0.3 is 0 Å². The van der Waals surface area contributed by atoms with Gasteiger partial charge in [0.1, 0.15) is 5.75 Å². The molecular formula is C22H21NO5. The number of rotatable bonds is 7. The molecule has 0 aliphatic heterocycles. The van der Waals surface area contributed by atoms with Crippen LogP contribution >= 0.6 is 0 Å². The molecule has 0 fully saturated rings. The Hall–Kier alpha value is -3.67. The Bertz CT molecular complexity index is 953. The topological polar surface area (TPSA) is 66.0 Å². The third kappa shape index (κ3) is 4.17. The summed E-state index contributed by atoms with van der Waals surface area (Å²) < 4.78 is 21.7. The Morgan fingerprint density at radius 1 is 0.714 bits per heavy atom. The van der Waals surface area contributed by atoms with Crippen molar-refractivity contribution in [2.75, 3.05) is 26.6 Å². The summed E-state index contributed by atoms with van der Waals surface area (Å²) in [7, 11) is 4.62. The maximum atomic E-state index is 12.6. The summed E-state index contributed by atoms with van der Waals surface area (Å²) in [4.78, 5) is 12.6. The van der Waals surface area contributed by atoms with Crippen LogP contribution in [0.3, 0.4) is 0 Å². The van der Waals surface area contributed by atoms with Crippen molar-refractivity contribution >= 4 is 11.6 Å². The van der Waals surface area contributed by atoms with Gasteiger partial charge in [-0.1, -0.05) is 18.2 Å². The Morgan fingerprint density at radius 2 is 1.36 bits per heavy atom. The fourth-order valence-corrected chi connectivity index (χ4v) is 2.70. The number of hydrogen-bond acceptors (Lipinski definition) is 5. The summed E-state index contributed by atoms with van der Waals surface area (Å²) in [5, 5.41) is 2.84. The molecule has 1 amide bonds. The number of methoxy groups -OCH3 is 3. The number of carbonyl (C=O) groups is 1. The maximum Gasteiger partial charge on any atom is 0.259 e. The summed E-state index contributed by atoms with van der Waals surface area (Å²) in [6.07, 6.45) is 0. The van der Waals surface area contributed by atoms with Crippen molar-refractivity contribution in [3.63, 3.8) is 0 Å². The van der Waals surface area contributed by atoms with E-state index in [1.165, 1.54) is 14.2 Å². The standard InChI is InChI=1S/C22H21NO5/c1-25-18-8-4-5-9-19(18)28-16-13-11-15(12-14-16)23-22(24)17-7-6-10-20(26-2)21(17)27-3/h4-14H,1-3H3,(H,23,24). The molecule has 0 aliphatic carbocycles. The second-order valence-electron chi connectivity index (χ2n) is 5.77. The van der Waals surface area contributed by atoms with Gasteiger partial charge in [-0.25, -0.2) is 0 Å². The summed E-state index contributed by atoms with van der Waals surface area (Å²) >= 11 is 0. The predicted molar refractivity (Wildman–Crippen MR) is 107 cm³/mol. The molecule has 1 N–H and O–H groups in total. The number of anilines is 1. The molecule has 3 aromatic rings.